The molecular weight excluding hydrogens is 232 g/mol. The van der Waals surface area contributed by atoms with Gasteiger partial charge in [0.15, 0.2) is 0 Å². The Balaban J connectivity index is 1.84. The van der Waals surface area contributed by atoms with Crippen molar-refractivity contribution < 1.29 is 14.3 Å². The van der Waals surface area contributed by atoms with E-state index in [9.17, 15) is 4.79 Å². The third-order valence-corrected chi connectivity index (χ3v) is 3.00. The minimum absolute atomic E-state index is 0.283. The number of nitrogens with two attached hydrogens (primary N) is 1. The Labute approximate surface area is 106 Å². The van der Waals surface area contributed by atoms with Gasteiger partial charge >= 0.3 is 0 Å². The number of hydrogen-bond donors (Lipinski definition) is 2. The van der Waals surface area contributed by atoms with Gasteiger partial charge in [0.1, 0.15) is 0 Å². The zero-order chi connectivity index (χ0) is 12.8. The minimum atomic E-state index is -0.285. The molecule has 1 saturated heterocycles. The van der Waals surface area contributed by atoms with E-state index in [-0.39, 0.29) is 12.0 Å². The largest absolute Gasteiger partial charge is 0.381 e. The number of rotatable bonds is 4. The fourth-order valence-electron chi connectivity index (χ4n) is 1.89. The van der Waals surface area contributed by atoms with Gasteiger partial charge in [-0.3, -0.25) is 10.2 Å². The highest BCUT2D eigenvalue weighted by Gasteiger charge is 2.14. The lowest BCUT2D eigenvalue weighted by Crippen LogP contribution is -2.29. The summed E-state index contributed by atoms with van der Waals surface area (Å²) in [5.74, 6) is 4.78. The average Bonchev–Trinajstić information content (AvgIpc) is 2.46. The smallest absolute Gasteiger partial charge is 0.265 e. The lowest BCUT2D eigenvalue weighted by Gasteiger charge is -2.22. The maximum absolute atomic E-state index is 11.2. The second-order valence-electron chi connectivity index (χ2n) is 4.29. The fraction of sp³-hybridized carbons (Fsp3) is 0.462. The molecule has 2 rings (SSSR count). The molecule has 0 atom stereocenters. The number of carbonyl (C=O) groups excluding carboxylic acids is 1. The molecule has 0 bridgehead atoms. The van der Waals surface area contributed by atoms with Gasteiger partial charge in [-0.05, 0) is 30.5 Å². The second-order valence-corrected chi connectivity index (χ2v) is 4.29. The van der Waals surface area contributed by atoms with Crippen LogP contribution in [0.25, 0.3) is 0 Å². The summed E-state index contributed by atoms with van der Waals surface area (Å²) >= 11 is 0. The van der Waals surface area contributed by atoms with E-state index >= 15 is 0 Å². The third-order valence-electron chi connectivity index (χ3n) is 3.00. The molecule has 1 aliphatic heterocycles. The van der Waals surface area contributed by atoms with Crippen molar-refractivity contribution in [1.82, 2.24) is 5.43 Å². The van der Waals surface area contributed by atoms with Crippen LogP contribution < -0.4 is 11.3 Å². The van der Waals surface area contributed by atoms with Gasteiger partial charge in [-0.15, -0.1) is 0 Å². The zero-order valence-electron chi connectivity index (χ0n) is 10.2. The Morgan fingerprint density at radius 2 is 2.00 bits per heavy atom. The number of ether oxygens (including phenoxy) is 2. The molecule has 0 radical (unpaired) electrons. The molecule has 0 saturated carbocycles. The standard InChI is InChI=1S/C13H18N2O3/c14-15-13(16)11-3-1-10(2-4-11)9-18-12-5-7-17-8-6-12/h1-4,12H,5-9,14H2,(H,15,16). The van der Waals surface area contributed by atoms with E-state index in [0.717, 1.165) is 31.6 Å². The first kappa shape index (κ1) is 13.0. The molecule has 98 valence electrons. The van der Waals surface area contributed by atoms with E-state index in [1.54, 1.807) is 12.1 Å². The topological polar surface area (TPSA) is 73.6 Å². The van der Waals surface area contributed by atoms with Gasteiger partial charge in [-0.2, -0.15) is 0 Å². The maximum Gasteiger partial charge on any atom is 0.265 e. The molecule has 1 fully saturated rings. The summed E-state index contributed by atoms with van der Waals surface area (Å²) in [5.41, 5.74) is 3.70. The number of nitrogen functional groups attached to an aromatic ring is 1. The molecular formula is C13H18N2O3. The molecule has 0 aliphatic carbocycles. The number of carbonyl (C=O) groups is 1. The first-order valence-electron chi connectivity index (χ1n) is 6.09. The normalized spacial score (nSPS) is 16.5. The quantitative estimate of drug-likeness (QED) is 0.475. The molecule has 5 heteroatoms. The molecule has 5 nitrogen and oxygen atoms in total. The van der Waals surface area contributed by atoms with Crippen molar-refractivity contribution in [2.45, 2.75) is 25.6 Å². The number of benzene rings is 1. The summed E-state index contributed by atoms with van der Waals surface area (Å²) in [4.78, 5) is 11.2. The van der Waals surface area contributed by atoms with Crippen LogP contribution in [0.15, 0.2) is 24.3 Å². The first-order chi connectivity index (χ1) is 8.79. The summed E-state index contributed by atoms with van der Waals surface area (Å²) in [7, 11) is 0. The van der Waals surface area contributed by atoms with E-state index in [1.165, 1.54) is 0 Å². The second kappa shape index (κ2) is 6.49. The first-order valence-corrected chi connectivity index (χ1v) is 6.09. The van der Waals surface area contributed by atoms with E-state index in [1.807, 2.05) is 12.1 Å². The van der Waals surface area contributed by atoms with Crippen molar-refractivity contribution in [3.05, 3.63) is 35.4 Å². The molecule has 18 heavy (non-hydrogen) atoms. The zero-order valence-corrected chi connectivity index (χ0v) is 10.2. The molecule has 0 aromatic heterocycles. The van der Waals surface area contributed by atoms with Gasteiger partial charge in [0, 0.05) is 18.8 Å². The van der Waals surface area contributed by atoms with Gasteiger partial charge < -0.3 is 9.47 Å². The van der Waals surface area contributed by atoms with Crippen molar-refractivity contribution in [3.63, 3.8) is 0 Å². The Bertz CT molecular complexity index is 386. The average molecular weight is 250 g/mol. The highest BCUT2D eigenvalue weighted by Crippen LogP contribution is 2.13. The molecule has 0 spiro atoms. The fourth-order valence-corrected chi connectivity index (χ4v) is 1.89. The summed E-state index contributed by atoms with van der Waals surface area (Å²) in [6.07, 6.45) is 2.19. The van der Waals surface area contributed by atoms with Gasteiger partial charge in [-0.1, -0.05) is 12.1 Å². The predicted octanol–water partition coefficient (Wildman–Crippen LogP) is 0.986. The number of hydrazine groups is 1. The molecule has 1 aromatic rings. The van der Waals surface area contributed by atoms with Crippen LogP contribution in [0, 0.1) is 0 Å². The Morgan fingerprint density at radius 3 is 2.61 bits per heavy atom. The predicted molar refractivity (Wildman–Crippen MR) is 66.7 cm³/mol. The highest BCUT2D eigenvalue weighted by molar-refractivity contribution is 5.93. The Hall–Kier alpha value is -1.43. The number of nitrogens with one attached hydrogen (secondary N) is 1. The van der Waals surface area contributed by atoms with Crippen molar-refractivity contribution >= 4 is 5.91 Å². The van der Waals surface area contributed by atoms with Crippen LogP contribution in [0.1, 0.15) is 28.8 Å². The van der Waals surface area contributed by atoms with Crippen molar-refractivity contribution in [3.8, 4) is 0 Å². The van der Waals surface area contributed by atoms with Crippen LogP contribution in [0.3, 0.4) is 0 Å². The monoisotopic (exact) mass is 250 g/mol. The summed E-state index contributed by atoms with van der Waals surface area (Å²) in [6.45, 7) is 2.12. The number of hydrogen-bond acceptors (Lipinski definition) is 4. The lowest BCUT2D eigenvalue weighted by molar-refractivity contribution is -0.0390. The maximum atomic E-state index is 11.2. The molecule has 1 aromatic carbocycles. The molecule has 0 unspecified atom stereocenters. The highest BCUT2D eigenvalue weighted by atomic mass is 16.5. The van der Waals surface area contributed by atoms with Gasteiger partial charge in [0.2, 0.25) is 0 Å². The Kier molecular flexibility index (Phi) is 4.69. The molecule has 1 amide bonds. The van der Waals surface area contributed by atoms with Crippen LogP contribution >= 0.6 is 0 Å². The van der Waals surface area contributed by atoms with E-state index in [2.05, 4.69) is 5.43 Å². The van der Waals surface area contributed by atoms with Crippen molar-refractivity contribution in [1.29, 1.82) is 0 Å². The molecule has 1 heterocycles. The van der Waals surface area contributed by atoms with Crippen LogP contribution in [-0.4, -0.2) is 25.2 Å². The lowest BCUT2D eigenvalue weighted by atomic mass is 10.1. The molecule has 3 N–H and O–H groups in total. The summed E-state index contributed by atoms with van der Waals surface area (Å²) in [5, 5.41) is 0. The Morgan fingerprint density at radius 1 is 1.33 bits per heavy atom. The summed E-state index contributed by atoms with van der Waals surface area (Å²) < 4.78 is 11.1. The van der Waals surface area contributed by atoms with Crippen LogP contribution in [0.5, 0.6) is 0 Å². The van der Waals surface area contributed by atoms with E-state index in [4.69, 9.17) is 15.3 Å². The van der Waals surface area contributed by atoms with Gasteiger partial charge in [-0.25, -0.2) is 5.84 Å². The SMILES string of the molecule is NNC(=O)c1ccc(COC2CCOCC2)cc1. The third kappa shape index (κ3) is 3.53. The van der Waals surface area contributed by atoms with Crippen molar-refractivity contribution in [2.75, 3.05) is 13.2 Å². The van der Waals surface area contributed by atoms with Crippen LogP contribution in [0.2, 0.25) is 0 Å². The van der Waals surface area contributed by atoms with Crippen molar-refractivity contribution in [2.24, 2.45) is 5.84 Å². The van der Waals surface area contributed by atoms with Gasteiger partial charge in [0.05, 0.1) is 12.7 Å². The van der Waals surface area contributed by atoms with Crippen LogP contribution in [-0.2, 0) is 16.1 Å². The van der Waals surface area contributed by atoms with E-state index in [0.29, 0.717) is 12.2 Å². The minimum Gasteiger partial charge on any atom is -0.381 e. The summed E-state index contributed by atoms with van der Waals surface area (Å²) in [6, 6.07) is 7.24. The van der Waals surface area contributed by atoms with Gasteiger partial charge in [0.25, 0.3) is 5.91 Å². The number of amides is 1. The van der Waals surface area contributed by atoms with E-state index < -0.39 is 0 Å². The van der Waals surface area contributed by atoms with Crippen LogP contribution in [0.4, 0.5) is 0 Å². The molecule has 1 aliphatic rings.